The summed E-state index contributed by atoms with van der Waals surface area (Å²) in [6.45, 7) is 4.56. The van der Waals surface area contributed by atoms with Gasteiger partial charge in [0.1, 0.15) is 0 Å². The van der Waals surface area contributed by atoms with Crippen molar-refractivity contribution in [3.05, 3.63) is 23.8 Å². The maximum Gasteiger partial charge on any atom is 0.337 e. The lowest BCUT2D eigenvalue weighted by atomic mass is 10.1. The van der Waals surface area contributed by atoms with Crippen LogP contribution < -0.4 is 9.62 Å². The molecule has 1 fully saturated rings. The standard InChI is InChI=1S/C15H24N2O4S/c1-11(2)16-13-8-12(15(18)21-3)9-14(10-13)17-6-4-5-7-22(17,19)20/h8-11,16,19-20H,4-7H2,1-3H3. The molecule has 0 aromatic heterocycles. The maximum atomic E-state index is 11.9. The van der Waals surface area contributed by atoms with Crippen molar-refractivity contribution in [2.45, 2.75) is 32.7 Å². The van der Waals surface area contributed by atoms with E-state index in [0.717, 1.165) is 18.5 Å². The summed E-state index contributed by atoms with van der Waals surface area (Å²) < 4.78 is 26.9. The molecule has 7 heteroatoms. The minimum absolute atomic E-state index is 0.197. The predicted octanol–water partition coefficient (Wildman–Crippen LogP) is 3.56. The van der Waals surface area contributed by atoms with Gasteiger partial charge in [-0.2, -0.15) is 0 Å². The Balaban J connectivity index is 2.42. The number of benzene rings is 1. The van der Waals surface area contributed by atoms with Gasteiger partial charge >= 0.3 is 5.97 Å². The summed E-state index contributed by atoms with van der Waals surface area (Å²) in [7, 11) is -1.49. The second-order valence-electron chi connectivity index (χ2n) is 5.70. The normalized spacial score (nSPS) is 18.9. The third-order valence-corrected chi connectivity index (χ3v) is 5.40. The minimum atomic E-state index is -2.82. The van der Waals surface area contributed by atoms with Crippen molar-refractivity contribution in [3.8, 4) is 0 Å². The zero-order chi connectivity index (χ0) is 16.3. The molecule has 1 aliphatic rings. The number of rotatable bonds is 4. The van der Waals surface area contributed by atoms with E-state index in [-0.39, 0.29) is 6.04 Å². The average molecular weight is 328 g/mol. The Labute approximate surface area is 132 Å². The summed E-state index contributed by atoms with van der Waals surface area (Å²) in [5.41, 5.74) is 1.78. The van der Waals surface area contributed by atoms with Crippen molar-refractivity contribution in [2.75, 3.05) is 29.0 Å². The molecule has 0 unspecified atom stereocenters. The number of carbonyl (C=O) groups excluding carboxylic acids is 1. The second kappa shape index (κ2) is 6.76. The lowest BCUT2D eigenvalue weighted by molar-refractivity contribution is 0.0601. The van der Waals surface area contributed by atoms with Crippen LogP contribution in [0.3, 0.4) is 0 Å². The molecule has 1 aromatic carbocycles. The first-order valence-electron chi connectivity index (χ1n) is 7.37. The minimum Gasteiger partial charge on any atom is -0.465 e. The quantitative estimate of drug-likeness (QED) is 0.733. The van der Waals surface area contributed by atoms with E-state index in [0.29, 0.717) is 23.5 Å². The Morgan fingerprint density at radius 2 is 2.05 bits per heavy atom. The first-order chi connectivity index (χ1) is 10.3. The van der Waals surface area contributed by atoms with Crippen molar-refractivity contribution in [2.24, 2.45) is 0 Å². The van der Waals surface area contributed by atoms with Gasteiger partial charge in [-0.15, -0.1) is 10.8 Å². The van der Waals surface area contributed by atoms with Gasteiger partial charge in [0.15, 0.2) is 0 Å². The third-order valence-electron chi connectivity index (χ3n) is 3.46. The summed E-state index contributed by atoms with van der Waals surface area (Å²) in [4.78, 5) is 11.9. The monoisotopic (exact) mass is 328 g/mol. The fourth-order valence-corrected chi connectivity index (χ4v) is 4.19. The summed E-state index contributed by atoms with van der Waals surface area (Å²) in [5, 5.41) is 3.24. The number of hydrogen-bond donors (Lipinski definition) is 3. The van der Waals surface area contributed by atoms with E-state index in [1.165, 1.54) is 7.11 Å². The number of methoxy groups -OCH3 is 1. The van der Waals surface area contributed by atoms with Crippen LogP contribution in [-0.4, -0.2) is 40.5 Å². The fraction of sp³-hybridized carbons (Fsp3) is 0.533. The molecule has 1 aliphatic heterocycles. The summed E-state index contributed by atoms with van der Waals surface area (Å²) in [6, 6.07) is 5.40. The van der Waals surface area contributed by atoms with Crippen LogP contribution in [-0.2, 0) is 4.74 Å². The molecule has 2 rings (SSSR count). The largest absolute Gasteiger partial charge is 0.465 e. The van der Waals surface area contributed by atoms with Crippen molar-refractivity contribution in [3.63, 3.8) is 0 Å². The molecule has 124 valence electrons. The number of anilines is 2. The SMILES string of the molecule is COC(=O)c1cc(NC(C)C)cc(N2CCCCS2(O)O)c1. The number of esters is 1. The number of nitrogens with one attached hydrogen (secondary N) is 1. The molecule has 6 nitrogen and oxygen atoms in total. The Morgan fingerprint density at radius 3 is 2.64 bits per heavy atom. The molecule has 1 aromatic rings. The van der Waals surface area contributed by atoms with Gasteiger partial charge in [0, 0.05) is 18.3 Å². The van der Waals surface area contributed by atoms with E-state index in [4.69, 9.17) is 4.74 Å². The number of carbonyl (C=O) groups is 1. The maximum absolute atomic E-state index is 11.9. The van der Waals surface area contributed by atoms with Crippen LogP contribution in [0.2, 0.25) is 0 Å². The topological polar surface area (TPSA) is 82.0 Å². The third kappa shape index (κ3) is 3.85. The van der Waals surface area contributed by atoms with E-state index in [1.54, 1.807) is 16.4 Å². The van der Waals surface area contributed by atoms with Crippen LogP contribution in [0.1, 0.15) is 37.0 Å². The molecule has 1 heterocycles. The highest BCUT2D eigenvalue weighted by Gasteiger charge is 2.27. The molecule has 0 saturated carbocycles. The van der Waals surface area contributed by atoms with Crippen LogP contribution >= 0.6 is 10.8 Å². The lowest BCUT2D eigenvalue weighted by Gasteiger charge is -2.47. The second-order valence-corrected chi connectivity index (χ2v) is 7.82. The molecule has 0 amide bonds. The fourth-order valence-electron chi connectivity index (χ4n) is 2.51. The van der Waals surface area contributed by atoms with Crippen molar-refractivity contribution < 1.29 is 18.6 Å². The van der Waals surface area contributed by atoms with Crippen molar-refractivity contribution in [1.29, 1.82) is 0 Å². The van der Waals surface area contributed by atoms with Gasteiger partial charge in [-0.1, -0.05) is 0 Å². The summed E-state index contributed by atoms with van der Waals surface area (Å²) >= 11 is 0. The number of nitrogens with zero attached hydrogens (tertiary/aromatic N) is 1. The number of ether oxygens (including phenoxy) is 1. The van der Waals surface area contributed by atoms with Gasteiger partial charge in [-0.3, -0.25) is 13.4 Å². The highest BCUT2D eigenvalue weighted by Crippen LogP contribution is 2.50. The van der Waals surface area contributed by atoms with Crippen molar-refractivity contribution in [1.82, 2.24) is 0 Å². The van der Waals surface area contributed by atoms with E-state index in [9.17, 15) is 13.9 Å². The summed E-state index contributed by atoms with van der Waals surface area (Å²) in [6.07, 6.45) is 1.69. The Kier molecular flexibility index (Phi) is 5.20. The van der Waals surface area contributed by atoms with E-state index in [1.807, 2.05) is 19.9 Å². The molecule has 1 saturated heterocycles. The van der Waals surface area contributed by atoms with Gasteiger partial charge < -0.3 is 10.1 Å². The van der Waals surface area contributed by atoms with Crippen LogP contribution in [0.5, 0.6) is 0 Å². The molecule has 0 radical (unpaired) electrons. The highest BCUT2D eigenvalue weighted by atomic mass is 32.3. The van der Waals surface area contributed by atoms with Gasteiger partial charge in [0.05, 0.1) is 24.1 Å². The summed E-state index contributed by atoms with van der Waals surface area (Å²) in [5.74, 6) is -0.0790. The molecule has 3 N–H and O–H groups in total. The highest BCUT2D eigenvalue weighted by molar-refractivity contribution is 8.25. The smallest absolute Gasteiger partial charge is 0.337 e. The first-order valence-corrected chi connectivity index (χ1v) is 9.04. The molecular formula is C15H24N2O4S. The van der Waals surface area contributed by atoms with Crippen LogP contribution in [0.15, 0.2) is 18.2 Å². The molecule has 0 spiro atoms. The van der Waals surface area contributed by atoms with E-state index < -0.39 is 16.7 Å². The van der Waals surface area contributed by atoms with E-state index >= 15 is 0 Å². The number of hydrogen-bond acceptors (Lipinski definition) is 6. The van der Waals surface area contributed by atoms with Crippen LogP contribution in [0.4, 0.5) is 11.4 Å². The first kappa shape index (κ1) is 16.9. The van der Waals surface area contributed by atoms with E-state index in [2.05, 4.69) is 5.32 Å². The van der Waals surface area contributed by atoms with Crippen molar-refractivity contribution >= 4 is 28.1 Å². The zero-order valence-electron chi connectivity index (χ0n) is 13.2. The Morgan fingerprint density at radius 1 is 1.32 bits per heavy atom. The zero-order valence-corrected chi connectivity index (χ0v) is 14.0. The molecule has 0 aliphatic carbocycles. The average Bonchev–Trinajstić information content (AvgIpc) is 2.44. The van der Waals surface area contributed by atoms with Gasteiger partial charge in [0.2, 0.25) is 0 Å². The molecular weight excluding hydrogens is 304 g/mol. The lowest BCUT2D eigenvalue weighted by Crippen LogP contribution is -2.34. The van der Waals surface area contributed by atoms with Gasteiger partial charge in [0.25, 0.3) is 0 Å². The van der Waals surface area contributed by atoms with Gasteiger partial charge in [-0.25, -0.2) is 4.79 Å². The van der Waals surface area contributed by atoms with Crippen LogP contribution in [0, 0.1) is 0 Å². The van der Waals surface area contributed by atoms with Gasteiger partial charge in [-0.05, 0) is 44.9 Å². The predicted molar refractivity (Wildman–Crippen MR) is 90.8 cm³/mol. The molecule has 0 bridgehead atoms. The Bertz CT molecular complexity index is 548. The Hall–Kier alpha value is -1.44. The molecule has 0 atom stereocenters. The molecule has 22 heavy (non-hydrogen) atoms. The van der Waals surface area contributed by atoms with Crippen LogP contribution in [0.25, 0.3) is 0 Å².